The van der Waals surface area contributed by atoms with Crippen molar-refractivity contribution in [2.24, 2.45) is 5.10 Å². The predicted molar refractivity (Wildman–Crippen MR) is 125 cm³/mol. The number of hydrazone groups is 1. The third-order valence-corrected chi connectivity index (χ3v) is 4.80. The summed E-state index contributed by atoms with van der Waals surface area (Å²) in [5.41, 5.74) is 9.74. The molecule has 13 heteroatoms. The Labute approximate surface area is 199 Å². The number of aromatic nitrogens is 5. The van der Waals surface area contributed by atoms with Gasteiger partial charge in [-0.05, 0) is 41.5 Å². The standard InChI is InChI=1S/C22H22N8O5/c1-4-34-15-9-5-7-13(11-15)18-17(25-29-30(18)21-20(23)27-35-28-21)22(31)26-24-12-14-8-6-10-16(32-2)19(14)33-3/h5-12H,4H2,1-3H3,(H2,23,27)(H,26,31)/b24-12-. The molecular weight excluding hydrogens is 456 g/mol. The quantitative estimate of drug-likeness (QED) is 0.269. The van der Waals surface area contributed by atoms with Gasteiger partial charge >= 0.3 is 0 Å². The van der Waals surface area contributed by atoms with Crippen LogP contribution in [0.3, 0.4) is 0 Å². The van der Waals surface area contributed by atoms with Crippen LogP contribution in [0.15, 0.2) is 52.2 Å². The molecule has 35 heavy (non-hydrogen) atoms. The number of methoxy groups -OCH3 is 2. The first-order chi connectivity index (χ1) is 17.1. The number of carbonyl (C=O) groups is 1. The Bertz CT molecular complexity index is 1360. The Morgan fingerprint density at radius 1 is 1.20 bits per heavy atom. The van der Waals surface area contributed by atoms with Crippen LogP contribution in [0.2, 0.25) is 0 Å². The van der Waals surface area contributed by atoms with Gasteiger partial charge in [-0.1, -0.05) is 23.4 Å². The van der Waals surface area contributed by atoms with Crippen LogP contribution in [0.4, 0.5) is 5.82 Å². The Morgan fingerprint density at radius 2 is 2.03 bits per heavy atom. The summed E-state index contributed by atoms with van der Waals surface area (Å²) < 4.78 is 22.2. The lowest BCUT2D eigenvalue weighted by atomic mass is 10.1. The van der Waals surface area contributed by atoms with Gasteiger partial charge in [0.2, 0.25) is 11.6 Å². The van der Waals surface area contributed by atoms with Gasteiger partial charge in [0.1, 0.15) is 11.4 Å². The van der Waals surface area contributed by atoms with Crippen LogP contribution in [-0.2, 0) is 0 Å². The summed E-state index contributed by atoms with van der Waals surface area (Å²) in [4.78, 5) is 13.1. The molecule has 2 aromatic heterocycles. The number of nitrogens with zero attached hydrogens (tertiary/aromatic N) is 6. The minimum Gasteiger partial charge on any atom is -0.494 e. The lowest BCUT2D eigenvalue weighted by Gasteiger charge is -2.09. The number of hydrogen-bond donors (Lipinski definition) is 2. The van der Waals surface area contributed by atoms with E-state index < -0.39 is 5.91 Å². The second-order valence-corrected chi connectivity index (χ2v) is 6.91. The molecule has 4 rings (SSSR count). The van der Waals surface area contributed by atoms with Crippen molar-refractivity contribution in [1.29, 1.82) is 0 Å². The van der Waals surface area contributed by atoms with Gasteiger partial charge in [0.15, 0.2) is 17.2 Å². The molecule has 3 N–H and O–H groups in total. The van der Waals surface area contributed by atoms with E-state index in [1.165, 1.54) is 25.1 Å². The molecule has 0 spiro atoms. The maximum atomic E-state index is 13.1. The monoisotopic (exact) mass is 478 g/mol. The largest absolute Gasteiger partial charge is 0.494 e. The van der Waals surface area contributed by atoms with Crippen LogP contribution >= 0.6 is 0 Å². The van der Waals surface area contributed by atoms with Crippen LogP contribution in [-0.4, -0.2) is 58.3 Å². The van der Waals surface area contributed by atoms with Crippen molar-refractivity contribution in [2.75, 3.05) is 26.6 Å². The van der Waals surface area contributed by atoms with Crippen molar-refractivity contribution in [3.8, 4) is 34.3 Å². The van der Waals surface area contributed by atoms with Crippen LogP contribution in [0.5, 0.6) is 17.2 Å². The summed E-state index contributed by atoms with van der Waals surface area (Å²) in [5.74, 6) is 1.03. The van der Waals surface area contributed by atoms with Crippen molar-refractivity contribution in [3.05, 3.63) is 53.7 Å². The normalized spacial score (nSPS) is 10.9. The first-order valence-electron chi connectivity index (χ1n) is 10.4. The minimum absolute atomic E-state index is 0.0211. The van der Waals surface area contributed by atoms with Crippen molar-refractivity contribution in [1.82, 2.24) is 30.7 Å². The molecule has 2 aromatic carbocycles. The second kappa shape index (κ2) is 10.3. The summed E-state index contributed by atoms with van der Waals surface area (Å²) in [5, 5.41) is 19.5. The molecular formula is C22H22N8O5. The lowest BCUT2D eigenvalue weighted by molar-refractivity contribution is 0.0950. The Balaban J connectivity index is 1.69. The smallest absolute Gasteiger partial charge is 0.294 e. The summed E-state index contributed by atoms with van der Waals surface area (Å²) in [7, 11) is 3.04. The molecule has 0 aliphatic rings. The zero-order valence-corrected chi connectivity index (χ0v) is 19.1. The first kappa shape index (κ1) is 23.2. The van der Waals surface area contributed by atoms with E-state index >= 15 is 0 Å². The van der Waals surface area contributed by atoms with E-state index in [1.54, 1.807) is 42.5 Å². The topological polar surface area (TPSA) is 165 Å². The predicted octanol–water partition coefficient (Wildman–Crippen LogP) is 2.08. The van der Waals surface area contributed by atoms with Crippen LogP contribution in [0.1, 0.15) is 23.0 Å². The molecule has 180 valence electrons. The van der Waals surface area contributed by atoms with Gasteiger partial charge in [0.25, 0.3) is 5.91 Å². The summed E-state index contributed by atoms with van der Waals surface area (Å²) in [6.45, 7) is 2.34. The minimum atomic E-state index is -0.624. The number of anilines is 1. The van der Waals surface area contributed by atoms with Gasteiger partial charge in [-0.2, -0.15) is 9.78 Å². The highest BCUT2D eigenvalue weighted by Crippen LogP contribution is 2.30. The molecule has 0 saturated heterocycles. The SMILES string of the molecule is CCOc1cccc(-c2c(C(=O)N/N=C\c3cccc(OC)c3OC)nnn2-c2nonc2N)c1. The molecule has 13 nitrogen and oxygen atoms in total. The maximum Gasteiger partial charge on any atom is 0.294 e. The van der Waals surface area contributed by atoms with E-state index in [4.69, 9.17) is 24.6 Å². The number of nitrogens with one attached hydrogen (secondary N) is 1. The molecule has 2 heterocycles. The van der Waals surface area contributed by atoms with Gasteiger partial charge in [-0.25, -0.2) is 10.1 Å². The van der Waals surface area contributed by atoms with Crippen LogP contribution in [0.25, 0.3) is 17.1 Å². The molecule has 4 aromatic rings. The van der Waals surface area contributed by atoms with E-state index in [1.807, 2.05) is 6.92 Å². The number of rotatable bonds is 9. The molecule has 0 bridgehead atoms. The Hall–Kier alpha value is -4.94. The van der Waals surface area contributed by atoms with Gasteiger partial charge in [0.05, 0.1) is 27.0 Å². The number of nitrogen functional groups attached to an aromatic ring is 1. The number of benzene rings is 2. The Morgan fingerprint density at radius 3 is 2.74 bits per heavy atom. The summed E-state index contributed by atoms with van der Waals surface area (Å²) >= 11 is 0. The molecule has 0 atom stereocenters. The van der Waals surface area contributed by atoms with Gasteiger partial charge in [0, 0.05) is 11.1 Å². The number of para-hydroxylation sites is 1. The first-order valence-corrected chi connectivity index (χ1v) is 10.4. The zero-order valence-electron chi connectivity index (χ0n) is 19.1. The number of nitrogens with two attached hydrogens (primary N) is 1. The fourth-order valence-electron chi connectivity index (χ4n) is 3.31. The van der Waals surface area contributed by atoms with E-state index in [0.717, 1.165) is 0 Å². The zero-order chi connectivity index (χ0) is 24.8. The van der Waals surface area contributed by atoms with Gasteiger partial charge in [-0.15, -0.1) is 5.10 Å². The maximum absolute atomic E-state index is 13.1. The molecule has 0 unspecified atom stereocenters. The second-order valence-electron chi connectivity index (χ2n) is 6.91. The lowest BCUT2D eigenvalue weighted by Crippen LogP contribution is -2.19. The third-order valence-electron chi connectivity index (χ3n) is 4.80. The van der Waals surface area contributed by atoms with Gasteiger partial charge in [-0.3, -0.25) is 4.79 Å². The van der Waals surface area contributed by atoms with Crippen molar-refractivity contribution < 1.29 is 23.6 Å². The highest BCUT2D eigenvalue weighted by molar-refractivity contribution is 5.99. The highest BCUT2D eigenvalue weighted by atomic mass is 16.6. The van der Waals surface area contributed by atoms with Crippen LogP contribution in [0, 0.1) is 0 Å². The van der Waals surface area contributed by atoms with Crippen LogP contribution < -0.4 is 25.4 Å². The van der Waals surface area contributed by atoms with E-state index in [9.17, 15) is 4.79 Å². The summed E-state index contributed by atoms with van der Waals surface area (Å²) in [6.07, 6.45) is 1.43. The van der Waals surface area contributed by atoms with Crippen molar-refractivity contribution in [3.63, 3.8) is 0 Å². The van der Waals surface area contributed by atoms with Crippen molar-refractivity contribution in [2.45, 2.75) is 6.92 Å². The molecule has 1 amide bonds. The molecule has 0 aliphatic heterocycles. The highest BCUT2D eigenvalue weighted by Gasteiger charge is 2.25. The molecule has 0 aliphatic carbocycles. The number of ether oxygens (including phenoxy) is 3. The average Bonchev–Trinajstić information content (AvgIpc) is 3.50. The number of carbonyl (C=O) groups excluding carboxylic acids is 1. The number of amides is 1. The van der Waals surface area contributed by atoms with Gasteiger partial charge < -0.3 is 19.9 Å². The fourth-order valence-corrected chi connectivity index (χ4v) is 3.31. The summed E-state index contributed by atoms with van der Waals surface area (Å²) in [6, 6.07) is 12.4. The fraction of sp³-hybridized carbons (Fsp3) is 0.182. The molecule has 0 saturated carbocycles. The van der Waals surface area contributed by atoms with Crippen molar-refractivity contribution >= 4 is 17.9 Å². The average molecular weight is 478 g/mol. The Kier molecular flexibility index (Phi) is 6.86. The van der Waals surface area contributed by atoms with E-state index in [2.05, 4.69) is 31.2 Å². The number of hydrogen-bond acceptors (Lipinski definition) is 11. The molecule has 0 fully saturated rings. The molecule has 0 radical (unpaired) electrons. The third kappa shape index (κ3) is 4.73. The van der Waals surface area contributed by atoms with E-state index in [0.29, 0.717) is 40.7 Å². The van der Waals surface area contributed by atoms with E-state index in [-0.39, 0.29) is 17.3 Å².